The van der Waals surface area contributed by atoms with E-state index in [2.05, 4.69) is 4.74 Å². The van der Waals surface area contributed by atoms with Gasteiger partial charge in [-0.2, -0.15) is 0 Å². The number of hydrogen-bond acceptors (Lipinski definition) is 4. The van der Waals surface area contributed by atoms with E-state index in [9.17, 15) is 9.59 Å². The van der Waals surface area contributed by atoms with Crippen LogP contribution >= 0.6 is 0 Å². The van der Waals surface area contributed by atoms with E-state index in [-0.39, 0.29) is 18.0 Å². The van der Waals surface area contributed by atoms with Gasteiger partial charge in [0, 0.05) is 38.8 Å². The fraction of sp³-hybridized carbons (Fsp3) is 0.556. The van der Waals surface area contributed by atoms with E-state index in [0.29, 0.717) is 32.4 Å². The molecule has 1 fully saturated rings. The van der Waals surface area contributed by atoms with Crippen molar-refractivity contribution in [3.05, 3.63) is 29.8 Å². The average molecular weight is 319 g/mol. The molecule has 0 spiro atoms. The summed E-state index contributed by atoms with van der Waals surface area (Å²) < 4.78 is 10.6. The number of para-hydroxylation sites is 1. The maximum Gasteiger partial charge on any atom is 0.305 e. The smallest absolute Gasteiger partial charge is 0.305 e. The molecule has 1 aromatic rings. The first kappa shape index (κ1) is 17.3. The normalized spacial score (nSPS) is 15.3. The molecule has 1 aliphatic heterocycles. The van der Waals surface area contributed by atoms with Crippen molar-refractivity contribution in [1.82, 2.24) is 4.90 Å². The van der Waals surface area contributed by atoms with E-state index in [1.807, 2.05) is 36.1 Å². The number of esters is 1. The Kier molecular flexibility index (Phi) is 6.44. The van der Waals surface area contributed by atoms with E-state index in [1.54, 1.807) is 0 Å². The minimum absolute atomic E-state index is 0.114. The van der Waals surface area contributed by atoms with E-state index in [4.69, 9.17) is 4.74 Å². The van der Waals surface area contributed by atoms with Crippen LogP contribution in [0, 0.1) is 6.92 Å². The molecule has 2 rings (SSSR count). The molecular weight excluding hydrogens is 294 g/mol. The van der Waals surface area contributed by atoms with Crippen LogP contribution < -0.4 is 4.74 Å². The van der Waals surface area contributed by atoms with Crippen molar-refractivity contribution in [2.75, 3.05) is 20.2 Å². The van der Waals surface area contributed by atoms with Gasteiger partial charge in [-0.1, -0.05) is 18.2 Å². The summed E-state index contributed by atoms with van der Waals surface area (Å²) in [6.07, 6.45) is 3.10. The number of piperidine rings is 1. The lowest BCUT2D eigenvalue weighted by Crippen LogP contribution is -2.41. The second-order valence-electron chi connectivity index (χ2n) is 5.89. The highest BCUT2D eigenvalue weighted by Crippen LogP contribution is 2.22. The number of likely N-dealkylation sites (tertiary alicyclic amines) is 1. The summed E-state index contributed by atoms with van der Waals surface area (Å²) in [6, 6.07) is 8.00. The summed E-state index contributed by atoms with van der Waals surface area (Å²) in [5.41, 5.74) is 1.13. The Morgan fingerprint density at radius 2 is 1.87 bits per heavy atom. The lowest BCUT2D eigenvalue weighted by atomic mass is 10.1. The van der Waals surface area contributed by atoms with Gasteiger partial charge in [0.15, 0.2) is 0 Å². The third-order valence-electron chi connectivity index (χ3n) is 4.18. The van der Waals surface area contributed by atoms with Gasteiger partial charge in [-0.3, -0.25) is 9.59 Å². The Bertz CT molecular complexity index is 536. The fourth-order valence-electron chi connectivity index (χ4n) is 2.74. The van der Waals surface area contributed by atoms with Crippen LogP contribution in [-0.2, 0) is 14.3 Å². The summed E-state index contributed by atoms with van der Waals surface area (Å²) in [6.45, 7) is 3.47. The van der Waals surface area contributed by atoms with E-state index >= 15 is 0 Å². The molecule has 0 unspecified atom stereocenters. The number of carbonyl (C=O) groups excluding carboxylic acids is 2. The van der Waals surface area contributed by atoms with Crippen molar-refractivity contribution >= 4 is 11.9 Å². The summed E-state index contributed by atoms with van der Waals surface area (Å²) in [4.78, 5) is 25.0. The first-order chi connectivity index (χ1) is 11.1. The zero-order valence-electron chi connectivity index (χ0n) is 13.9. The van der Waals surface area contributed by atoms with Crippen molar-refractivity contribution in [3.8, 4) is 5.75 Å². The van der Waals surface area contributed by atoms with Gasteiger partial charge in [-0.05, 0) is 25.0 Å². The lowest BCUT2D eigenvalue weighted by Gasteiger charge is -2.32. The van der Waals surface area contributed by atoms with E-state index in [1.165, 1.54) is 7.11 Å². The number of carbonyl (C=O) groups is 2. The number of ether oxygens (including phenoxy) is 2. The third-order valence-corrected chi connectivity index (χ3v) is 4.18. The molecule has 0 radical (unpaired) electrons. The molecule has 5 heteroatoms. The van der Waals surface area contributed by atoms with Crippen LogP contribution in [-0.4, -0.2) is 43.1 Å². The standard InChI is InChI=1S/C18H25NO4/c1-14-6-3-4-7-16(14)23-15-10-12-19(13-11-15)17(20)8-5-9-18(21)22-2/h3-4,6-7,15H,5,8-13H2,1-2H3. The summed E-state index contributed by atoms with van der Waals surface area (Å²) in [5, 5.41) is 0. The van der Waals surface area contributed by atoms with E-state index in [0.717, 1.165) is 24.2 Å². The molecule has 1 saturated heterocycles. The molecule has 0 atom stereocenters. The van der Waals surface area contributed by atoms with Crippen molar-refractivity contribution in [3.63, 3.8) is 0 Å². The van der Waals surface area contributed by atoms with Crippen LogP contribution in [0.3, 0.4) is 0 Å². The highest BCUT2D eigenvalue weighted by molar-refractivity contribution is 5.77. The van der Waals surface area contributed by atoms with Crippen LogP contribution in [0.4, 0.5) is 0 Å². The topological polar surface area (TPSA) is 55.8 Å². The number of hydrogen-bond donors (Lipinski definition) is 0. The average Bonchev–Trinajstić information content (AvgIpc) is 2.57. The van der Waals surface area contributed by atoms with Crippen LogP contribution in [0.15, 0.2) is 24.3 Å². The molecule has 0 aliphatic carbocycles. The molecule has 1 aromatic carbocycles. The van der Waals surface area contributed by atoms with Crippen molar-refractivity contribution in [2.24, 2.45) is 0 Å². The molecule has 1 heterocycles. The number of aryl methyl sites for hydroxylation is 1. The van der Waals surface area contributed by atoms with Gasteiger partial charge in [0.25, 0.3) is 0 Å². The van der Waals surface area contributed by atoms with Gasteiger partial charge in [0.2, 0.25) is 5.91 Å². The number of rotatable bonds is 6. The molecular formula is C18H25NO4. The SMILES string of the molecule is COC(=O)CCCC(=O)N1CCC(Oc2ccccc2C)CC1. The number of amides is 1. The number of methoxy groups -OCH3 is 1. The first-order valence-corrected chi connectivity index (χ1v) is 8.17. The minimum Gasteiger partial charge on any atom is -0.490 e. The molecule has 0 N–H and O–H groups in total. The predicted molar refractivity (Wildman–Crippen MR) is 87.3 cm³/mol. The molecule has 23 heavy (non-hydrogen) atoms. The Labute approximate surface area is 137 Å². The second-order valence-corrected chi connectivity index (χ2v) is 5.89. The zero-order valence-corrected chi connectivity index (χ0v) is 13.9. The van der Waals surface area contributed by atoms with Crippen LogP contribution in [0.1, 0.15) is 37.7 Å². The second kappa shape index (κ2) is 8.56. The highest BCUT2D eigenvalue weighted by Gasteiger charge is 2.24. The van der Waals surface area contributed by atoms with Gasteiger partial charge >= 0.3 is 5.97 Å². The maximum absolute atomic E-state index is 12.1. The Morgan fingerprint density at radius 3 is 2.52 bits per heavy atom. The first-order valence-electron chi connectivity index (χ1n) is 8.17. The number of benzene rings is 1. The lowest BCUT2D eigenvalue weighted by molar-refractivity contribution is -0.141. The van der Waals surface area contributed by atoms with Crippen molar-refractivity contribution in [1.29, 1.82) is 0 Å². The Morgan fingerprint density at radius 1 is 1.17 bits per heavy atom. The Balaban J connectivity index is 1.72. The quantitative estimate of drug-likeness (QED) is 0.757. The molecule has 1 amide bonds. The minimum atomic E-state index is -0.261. The molecule has 0 aromatic heterocycles. The molecule has 5 nitrogen and oxygen atoms in total. The van der Waals surface area contributed by atoms with Crippen molar-refractivity contribution in [2.45, 2.75) is 45.1 Å². The van der Waals surface area contributed by atoms with Crippen LogP contribution in [0.25, 0.3) is 0 Å². The molecule has 0 bridgehead atoms. The zero-order chi connectivity index (χ0) is 16.7. The van der Waals surface area contributed by atoms with E-state index < -0.39 is 0 Å². The van der Waals surface area contributed by atoms with Crippen LogP contribution in [0.2, 0.25) is 0 Å². The highest BCUT2D eigenvalue weighted by atomic mass is 16.5. The Hall–Kier alpha value is -2.04. The van der Waals surface area contributed by atoms with Crippen LogP contribution in [0.5, 0.6) is 5.75 Å². The summed E-state index contributed by atoms with van der Waals surface area (Å²) >= 11 is 0. The molecule has 1 aliphatic rings. The van der Waals surface area contributed by atoms with Crippen molar-refractivity contribution < 1.29 is 19.1 Å². The summed E-state index contributed by atoms with van der Waals surface area (Å²) in [5.74, 6) is 0.779. The summed E-state index contributed by atoms with van der Waals surface area (Å²) in [7, 11) is 1.36. The van der Waals surface area contributed by atoms with Gasteiger partial charge in [-0.25, -0.2) is 0 Å². The largest absolute Gasteiger partial charge is 0.490 e. The van der Waals surface area contributed by atoms with Gasteiger partial charge in [0.05, 0.1) is 7.11 Å². The van der Waals surface area contributed by atoms with Gasteiger partial charge < -0.3 is 14.4 Å². The maximum atomic E-state index is 12.1. The van der Waals surface area contributed by atoms with Gasteiger partial charge in [0.1, 0.15) is 11.9 Å². The fourth-order valence-corrected chi connectivity index (χ4v) is 2.74. The predicted octanol–water partition coefficient (Wildman–Crippen LogP) is 2.71. The molecule has 126 valence electrons. The van der Waals surface area contributed by atoms with Gasteiger partial charge in [-0.15, -0.1) is 0 Å². The third kappa shape index (κ3) is 5.27. The number of nitrogens with zero attached hydrogens (tertiary/aromatic N) is 1. The molecule has 0 saturated carbocycles. The monoisotopic (exact) mass is 319 g/mol.